The first-order chi connectivity index (χ1) is 5.52. The molecule has 0 aromatic carbocycles. The molecule has 1 aliphatic heterocycles. The first-order valence-electron chi connectivity index (χ1n) is 3.66. The van der Waals surface area contributed by atoms with Gasteiger partial charge in [0.25, 0.3) is 5.91 Å². The summed E-state index contributed by atoms with van der Waals surface area (Å²) in [7, 11) is 0. The second-order valence-corrected chi connectivity index (χ2v) is 3.26. The predicted molar refractivity (Wildman–Crippen MR) is 45.1 cm³/mol. The number of carbonyl (C=O) groups excluding carboxylic acids is 1. The highest BCUT2D eigenvalue weighted by atomic mass is 35.5. The van der Waals surface area contributed by atoms with Gasteiger partial charge in [-0.1, -0.05) is 11.6 Å². The number of hydrogen-bond donors (Lipinski definition) is 2. The van der Waals surface area contributed by atoms with Gasteiger partial charge >= 0.3 is 0 Å². The summed E-state index contributed by atoms with van der Waals surface area (Å²) in [6, 6.07) is -0.0546. The Hall–Kier alpha value is -0.740. The van der Waals surface area contributed by atoms with E-state index in [-0.39, 0.29) is 17.1 Å². The van der Waals surface area contributed by atoms with Crippen LogP contribution in [-0.2, 0) is 4.79 Å². The van der Waals surface area contributed by atoms with Crippen LogP contribution in [-0.4, -0.2) is 28.3 Å². The monoisotopic (exact) mass is 190 g/mol. The van der Waals surface area contributed by atoms with E-state index >= 15 is 0 Å². The number of halogens is 1. The van der Waals surface area contributed by atoms with Crippen LogP contribution in [0.15, 0.2) is 11.2 Å². The van der Waals surface area contributed by atoms with Crippen molar-refractivity contribution < 1.29 is 9.90 Å². The fraction of sp³-hybridized carbons (Fsp3) is 0.571. The molecule has 0 spiro atoms. The molecule has 4 nitrogen and oxygen atoms in total. The van der Waals surface area contributed by atoms with Crippen molar-refractivity contribution in [2.45, 2.75) is 26.2 Å². The van der Waals surface area contributed by atoms with E-state index in [1.54, 1.807) is 0 Å². The summed E-state index contributed by atoms with van der Waals surface area (Å²) in [5.74, 6) is -0.277. The number of aliphatic hydroxyl groups is 1. The predicted octanol–water partition coefficient (Wildman–Crippen LogP) is 0.183. The second-order valence-electron chi connectivity index (χ2n) is 2.85. The third kappa shape index (κ3) is 1.70. The minimum absolute atomic E-state index is 0.0546. The summed E-state index contributed by atoms with van der Waals surface area (Å²) in [6.07, 6.45) is 0.226. The molecule has 0 aromatic heterocycles. The zero-order valence-electron chi connectivity index (χ0n) is 6.91. The summed E-state index contributed by atoms with van der Waals surface area (Å²) >= 11 is 5.52. The van der Waals surface area contributed by atoms with Gasteiger partial charge in [0, 0.05) is 12.1 Å². The molecule has 0 bridgehead atoms. The lowest BCUT2D eigenvalue weighted by molar-refractivity contribution is -0.142. The molecule has 1 rings (SSSR count). The van der Waals surface area contributed by atoms with Crippen LogP contribution >= 0.6 is 11.6 Å². The quantitative estimate of drug-likeness (QED) is 0.581. The topological polar surface area (TPSA) is 52.6 Å². The Labute approximate surface area is 75.8 Å². The molecular formula is C7H11ClN2O2. The van der Waals surface area contributed by atoms with E-state index in [0.717, 1.165) is 0 Å². The highest BCUT2D eigenvalue weighted by Gasteiger charge is 2.27. The molecule has 2 N–H and O–H groups in total. The third-order valence-electron chi connectivity index (χ3n) is 1.59. The van der Waals surface area contributed by atoms with Gasteiger partial charge in [-0.2, -0.15) is 0 Å². The fourth-order valence-corrected chi connectivity index (χ4v) is 1.27. The maximum Gasteiger partial charge on any atom is 0.253 e. The molecule has 1 atom stereocenters. The van der Waals surface area contributed by atoms with Crippen molar-refractivity contribution in [2.24, 2.45) is 0 Å². The SMILES string of the molecule is CC(C)N1C(=O)C=C(Cl)NC1O. The average Bonchev–Trinajstić information content (AvgIpc) is 1.82. The number of hydrogen-bond acceptors (Lipinski definition) is 3. The fourth-order valence-electron chi connectivity index (χ4n) is 1.07. The van der Waals surface area contributed by atoms with Crippen LogP contribution in [0.25, 0.3) is 0 Å². The van der Waals surface area contributed by atoms with Crippen molar-refractivity contribution in [2.75, 3.05) is 0 Å². The van der Waals surface area contributed by atoms with Crippen LogP contribution < -0.4 is 5.32 Å². The summed E-state index contributed by atoms with van der Waals surface area (Å²) < 4.78 is 0. The average molecular weight is 191 g/mol. The molecule has 1 aliphatic rings. The van der Waals surface area contributed by atoms with Gasteiger partial charge in [-0.15, -0.1) is 0 Å². The van der Waals surface area contributed by atoms with Crippen molar-refractivity contribution in [1.29, 1.82) is 0 Å². The van der Waals surface area contributed by atoms with Crippen molar-refractivity contribution >= 4 is 17.5 Å². The van der Waals surface area contributed by atoms with E-state index in [0.29, 0.717) is 0 Å². The summed E-state index contributed by atoms with van der Waals surface area (Å²) in [4.78, 5) is 12.5. The van der Waals surface area contributed by atoms with Gasteiger partial charge < -0.3 is 10.4 Å². The molecule has 68 valence electrons. The van der Waals surface area contributed by atoms with Crippen LogP contribution in [0.4, 0.5) is 0 Å². The van der Waals surface area contributed by atoms with E-state index in [4.69, 9.17) is 11.6 Å². The molecule has 0 aliphatic carbocycles. The van der Waals surface area contributed by atoms with E-state index in [1.165, 1.54) is 11.0 Å². The van der Waals surface area contributed by atoms with Crippen molar-refractivity contribution in [3.63, 3.8) is 0 Å². The molecule has 1 amide bonds. The lowest BCUT2D eigenvalue weighted by Crippen LogP contribution is -2.53. The molecule has 0 saturated carbocycles. The van der Waals surface area contributed by atoms with E-state index < -0.39 is 6.35 Å². The third-order valence-corrected chi connectivity index (χ3v) is 1.81. The largest absolute Gasteiger partial charge is 0.356 e. The molecule has 1 unspecified atom stereocenters. The van der Waals surface area contributed by atoms with Crippen molar-refractivity contribution in [3.05, 3.63) is 11.2 Å². The Kier molecular flexibility index (Phi) is 2.59. The van der Waals surface area contributed by atoms with Crippen LogP contribution in [0.1, 0.15) is 13.8 Å². The van der Waals surface area contributed by atoms with Gasteiger partial charge in [0.2, 0.25) is 6.35 Å². The summed E-state index contributed by atoms with van der Waals surface area (Å²) in [5.41, 5.74) is 0. The minimum Gasteiger partial charge on any atom is -0.356 e. The van der Waals surface area contributed by atoms with Gasteiger partial charge in [0.05, 0.1) is 0 Å². The first-order valence-corrected chi connectivity index (χ1v) is 4.04. The standard InChI is InChI=1S/C7H11ClN2O2/c1-4(2)10-6(11)3-5(8)9-7(10)12/h3-4,7,9,12H,1-2H3. The first kappa shape index (κ1) is 9.35. The van der Waals surface area contributed by atoms with Crippen LogP contribution in [0.2, 0.25) is 0 Å². The molecule has 12 heavy (non-hydrogen) atoms. The number of carbonyl (C=O) groups is 1. The Morgan fingerprint density at radius 3 is 2.75 bits per heavy atom. The van der Waals surface area contributed by atoms with E-state index in [9.17, 15) is 9.90 Å². The van der Waals surface area contributed by atoms with Gasteiger partial charge in [0.15, 0.2) is 0 Å². The second kappa shape index (κ2) is 3.33. The molecule has 5 heteroatoms. The Balaban J connectivity index is 2.83. The molecule has 0 saturated heterocycles. The zero-order chi connectivity index (χ0) is 9.30. The molecular weight excluding hydrogens is 180 g/mol. The smallest absolute Gasteiger partial charge is 0.253 e. The number of rotatable bonds is 1. The van der Waals surface area contributed by atoms with Crippen molar-refractivity contribution in [3.8, 4) is 0 Å². The maximum absolute atomic E-state index is 11.2. The molecule has 1 heterocycles. The highest BCUT2D eigenvalue weighted by Crippen LogP contribution is 2.12. The molecule has 0 radical (unpaired) electrons. The number of amides is 1. The lowest BCUT2D eigenvalue weighted by atomic mass is 10.3. The number of aliphatic hydroxyl groups excluding tert-OH is 1. The van der Waals surface area contributed by atoms with Gasteiger partial charge in [0.1, 0.15) is 5.16 Å². The van der Waals surface area contributed by atoms with Crippen LogP contribution in [0.5, 0.6) is 0 Å². The van der Waals surface area contributed by atoms with Crippen LogP contribution in [0.3, 0.4) is 0 Å². The Bertz CT molecular complexity index is 227. The number of nitrogens with zero attached hydrogens (tertiary/aromatic N) is 1. The van der Waals surface area contributed by atoms with Gasteiger partial charge in [-0.3, -0.25) is 9.69 Å². The summed E-state index contributed by atoms with van der Waals surface area (Å²) in [5, 5.41) is 12.0. The van der Waals surface area contributed by atoms with Crippen molar-refractivity contribution in [1.82, 2.24) is 10.2 Å². The van der Waals surface area contributed by atoms with Gasteiger partial charge in [-0.05, 0) is 13.8 Å². The highest BCUT2D eigenvalue weighted by molar-refractivity contribution is 6.30. The number of nitrogens with one attached hydrogen (secondary N) is 1. The Morgan fingerprint density at radius 2 is 2.33 bits per heavy atom. The van der Waals surface area contributed by atoms with E-state index in [2.05, 4.69) is 5.32 Å². The van der Waals surface area contributed by atoms with Crippen LogP contribution in [0, 0.1) is 0 Å². The molecule has 0 fully saturated rings. The Morgan fingerprint density at radius 1 is 1.75 bits per heavy atom. The van der Waals surface area contributed by atoms with E-state index in [1.807, 2.05) is 13.8 Å². The molecule has 0 aromatic rings. The summed E-state index contributed by atoms with van der Waals surface area (Å²) in [6.45, 7) is 3.63. The minimum atomic E-state index is -1.02. The van der Waals surface area contributed by atoms with Gasteiger partial charge in [-0.25, -0.2) is 0 Å². The maximum atomic E-state index is 11.2. The lowest BCUT2D eigenvalue weighted by Gasteiger charge is -2.34. The zero-order valence-corrected chi connectivity index (χ0v) is 7.67. The normalized spacial score (nSPS) is 24.1.